The van der Waals surface area contributed by atoms with E-state index in [1.54, 1.807) is 6.20 Å². The second kappa shape index (κ2) is 9.80. The molecule has 0 saturated carbocycles. The van der Waals surface area contributed by atoms with Crippen LogP contribution in [0.15, 0.2) is 72.9 Å². The van der Waals surface area contributed by atoms with Crippen molar-refractivity contribution in [2.75, 3.05) is 13.2 Å². The molecule has 0 atom stereocenters. The summed E-state index contributed by atoms with van der Waals surface area (Å²) < 4.78 is 11.4. The fraction of sp³-hybridized carbons (Fsp3) is 0.190. The van der Waals surface area contributed by atoms with Gasteiger partial charge in [0, 0.05) is 35.9 Å². The largest absolute Gasteiger partial charge is 0.489 e. The predicted molar refractivity (Wildman–Crippen MR) is 104 cm³/mol. The van der Waals surface area contributed by atoms with Crippen LogP contribution in [0.25, 0.3) is 0 Å². The molecule has 0 aliphatic carbocycles. The monoisotopic (exact) mass is 368 g/mol. The summed E-state index contributed by atoms with van der Waals surface area (Å²) >= 11 is 6.16. The fourth-order valence-corrected chi connectivity index (χ4v) is 2.61. The Morgan fingerprint density at radius 3 is 2.65 bits per heavy atom. The Morgan fingerprint density at radius 1 is 0.923 bits per heavy atom. The number of pyridine rings is 1. The lowest BCUT2D eigenvalue weighted by atomic mass is 10.2. The number of halogens is 1. The van der Waals surface area contributed by atoms with Crippen molar-refractivity contribution in [3.63, 3.8) is 0 Å². The highest BCUT2D eigenvalue weighted by atomic mass is 35.5. The molecule has 0 bridgehead atoms. The van der Waals surface area contributed by atoms with Gasteiger partial charge in [-0.1, -0.05) is 48.0 Å². The highest BCUT2D eigenvalue weighted by Gasteiger charge is 2.02. The van der Waals surface area contributed by atoms with Gasteiger partial charge < -0.3 is 14.8 Å². The number of ether oxygens (including phenoxy) is 2. The Bertz CT molecular complexity index is 812. The molecule has 1 N–H and O–H groups in total. The molecular formula is C21H21ClN2O2. The summed E-state index contributed by atoms with van der Waals surface area (Å²) in [6.45, 7) is 2.50. The van der Waals surface area contributed by atoms with Gasteiger partial charge in [0.1, 0.15) is 19.0 Å². The van der Waals surface area contributed by atoms with Crippen molar-refractivity contribution >= 4 is 11.6 Å². The standard InChI is InChI=1S/C21H21ClN2O2/c22-20-9-2-1-7-18(20)16-26-19-8-5-6-17(14-19)15-23-12-13-25-21-10-3-4-11-24-21/h1-11,14,23H,12-13,15-16H2. The average molecular weight is 369 g/mol. The molecule has 1 heterocycles. The third-order valence-corrected chi connectivity index (χ3v) is 4.12. The van der Waals surface area contributed by atoms with Crippen molar-refractivity contribution in [2.24, 2.45) is 0 Å². The van der Waals surface area contributed by atoms with Crippen LogP contribution in [0.1, 0.15) is 11.1 Å². The van der Waals surface area contributed by atoms with Crippen LogP contribution in [-0.2, 0) is 13.2 Å². The van der Waals surface area contributed by atoms with Crippen molar-refractivity contribution in [3.8, 4) is 11.6 Å². The summed E-state index contributed by atoms with van der Waals surface area (Å²) in [5.74, 6) is 1.47. The molecule has 2 aromatic carbocycles. The van der Waals surface area contributed by atoms with E-state index in [1.165, 1.54) is 0 Å². The topological polar surface area (TPSA) is 43.4 Å². The number of aromatic nitrogens is 1. The van der Waals surface area contributed by atoms with Gasteiger partial charge in [0.15, 0.2) is 0 Å². The van der Waals surface area contributed by atoms with E-state index in [0.29, 0.717) is 19.1 Å². The molecule has 134 valence electrons. The van der Waals surface area contributed by atoms with E-state index < -0.39 is 0 Å². The number of benzene rings is 2. The molecule has 0 aliphatic heterocycles. The van der Waals surface area contributed by atoms with E-state index in [-0.39, 0.29) is 0 Å². The van der Waals surface area contributed by atoms with Gasteiger partial charge in [0.25, 0.3) is 0 Å². The maximum Gasteiger partial charge on any atom is 0.213 e. The molecule has 5 heteroatoms. The Hall–Kier alpha value is -2.56. The lowest BCUT2D eigenvalue weighted by Crippen LogP contribution is -2.20. The number of hydrogen-bond acceptors (Lipinski definition) is 4. The number of rotatable bonds is 9. The molecule has 0 unspecified atom stereocenters. The van der Waals surface area contributed by atoms with E-state index in [1.807, 2.05) is 60.7 Å². The highest BCUT2D eigenvalue weighted by Crippen LogP contribution is 2.19. The van der Waals surface area contributed by atoms with E-state index in [2.05, 4.69) is 16.4 Å². The van der Waals surface area contributed by atoms with Gasteiger partial charge in [-0.05, 0) is 29.8 Å². The molecule has 3 rings (SSSR count). The zero-order chi connectivity index (χ0) is 18.0. The second-order valence-corrected chi connectivity index (χ2v) is 6.13. The van der Waals surface area contributed by atoms with Crippen LogP contribution >= 0.6 is 11.6 Å². The van der Waals surface area contributed by atoms with Crippen LogP contribution < -0.4 is 14.8 Å². The molecule has 0 radical (unpaired) electrons. The molecule has 26 heavy (non-hydrogen) atoms. The number of nitrogens with one attached hydrogen (secondary N) is 1. The summed E-state index contributed by atoms with van der Waals surface area (Å²) in [4.78, 5) is 4.12. The van der Waals surface area contributed by atoms with Crippen LogP contribution in [0, 0.1) is 0 Å². The van der Waals surface area contributed by atoms with E-state index in [0.717, 1.165) is 35.0 Å². The van der Waals surface area contributed by atoms with Crippen LogP contribution in [0.3, 0.4) is 0 Å². The van der Waals surface area contributed by atoms with Gasteiger partial charge in [-0.2, -0.15) is 0 Å². The first-order valence-corrected chi connectivity index (χ1v) is 8.89. The SMILES string of the molecule is Clc1ccccc1COc1cccc(CNCCOc2ccccn2)c1. The van der Waals surface area contributed by atoms with Crippen molar-refractivity contribution < 1.29 is 9.47 Å². The lowest BCUT2D eigenvalue weighted by molar-refractivity contribution is 0.301. The van der Waals surface area contributed by atoms with Crippen molar-refractivity contribution in [3.05, 3.63) is 89.1 Å². The minimum atomic E-state index is 0.453. The normalized spacial score (nSPS) is 10.5. The maximum absolute atomic E-state index is 6.16. The lowest BCUT2D eigenvalue weighted by Gasteiger charge is -2.10. The molecule has 0 spiro atoms. The van der Waals surface area contributed by atoms with Crippen LogP contribution in [-0.4, -0.2) is 18.1 Å². The summed E-state index contributed by atoms with van der Waals surface area (Å²) in [6, 6.07) is 21.4. The van der Waals surface area contributed by atoms with Gasteiger partial charge in [-0.3, -0.25) is 0 Å². The third kappa shape index (κ3) is 5.76. The number of nitrogens with zero attached hydrogens (tertiary/aromatic N) is 1. The zero-order valence-corrected chi connectivity index (χ0v) is 15.2. The van der Waals surface area contributed by atoms with E-state index in [4.69, 9.17) is 21.1 Å². The molecule has 1 aromatic heterocycles. The summed E-state index contributed by atoms with van der Waals surface area (Å²) in [5.41, 5.74) is 2.13. The quantitative estimate of drug-likeness (QED) is 0.565. The maximum atomic E-state index is 6.16. The van der Waals surface area contributed by atoms with Gasteiger partial charge in [0.05, 0.1) is 0 Å². The fourth-order valence-electron chi connectivity index (χ4n) is 2.41. The first kappa shape index (κ1) is 18.2. The summed E-state index contributed by atoms with van der Waals surface area (Å²) in [7, 11) is 0. The molecule has 0 fully saturated rings. The molecule has 3 aromatic rings. The van der Waals surface area contributed by atoms with Crippen LogP contribution in [0.2, 0.25) is 5.02 Å². The van der Waals surface area contributed by atoms with E-state index >= 15 is 0 Å². The Morgan fingerprint density at radius 2 is 1.81 bits per heavy atom. The van der Waals surface area contributed by atoms with E-state index in [9.17, 15) is 0 Å². The van der Waals surface area contributed by atoms with Crippen LogP contribution in [0.4, 0.5) is 0 Å². The average Bonchev–Trinajstić information content (AvgIpc) is 2.68. The smallest absolute Gasteiger partial charge is 0.213 e. The minimum absolute atomic E-state index is 0.453. The Kier molecular flexibility index (Phi) is 6.88. The molecule has 4 nitrogen and oxygen atoms in total. The third-order valence-electron chi connectivity index (χ3n) is 3.75. The number of hydrogen-bond donors (Lipinski definition) is 1. The van der Waals surface area contributed by atoms with Crippen molar-refractivity contribution in [1.29, 1.82) is 0 Å². The Balaban J connectivity index is 1.42. The summed E-state index contributed by atoms with van der Waals surface area (Å²) in [6.07, 6.45) is 1.72. The van der Waals surface area contributed by atoms with Gasteiger partial charge in [-0.25, -0.2) is 4.98 Å². The molecule has 0 aliphatic rings. The minimum Gasteiger partial charge on any atom is -0.489 e. The van der Waals surface area contributed by atoms with Gasteiger partial charge in [-0.15, -0.1) is 0 Å². The van der Waals surface area contributed by atoms with Gasteiger partial charge >= 0.3 is 0 Å². The Labute approximate surface area is 158 Å². The van der Waals surface area contributed by atoms with Gasteiger partial charge in [0.2, 0.25) is 5.88 Å². The second-order valence-electron chi connectivity index (χ2n) is 5.72. The first-order valence-electron chi connectivity index (χ1n) is 8.51. The van der Waals surface area contributed by atoms with Crippen molar-refractivity contribution in [1.82, 2.24) is 10.3 Å². The zero-order valence-electron chi connectivity index (χ0n) is 14.4. The van der Waals surface area contributed by atoms with Crippen LogP contribution in [0.5, 0.6) is 11.6 Å². The first-order chi connectivity index (χ1) is 12.8. The molecular weight excluding hydrogens is 348 g/mol. The highest BCUT2D eigenvalue weighted by molar-refractivity contribution is 6.31. The predicted octanol–water partition coefficient (Wildman–Crippen LogP) is 4.48. The van der Waals surface area contributed by atoms with Crippen molar-refractivity contribution in [2.45, 2.75) is 13.2 Å². The molecule has 0 saturated heterocycles. The summed E-state index contributed by atoms with van der Waals surface area (Å²) in [5, 5.41) is 4.07. The molecule has 0 amide bonds.